The fraction of sp³-hybridized carbons (Fsp3) is 0.200. The van der Waals surface area contributed by atoms with Crippen LogP contribution in [0, 0.1) is 0 Å². The van der Waals surface area contributed by atoms with E-state index in [-0.39, 0.29) is 28.0 Å². The van der Waals surface area contributed by atoms with E-state index < -0.39 is 5.97 Å². The minimum Gasteiger partial charge on any atom is -0.469 e. The molecule has 1 aromatic rings. The first-order chi connectivity index (χ1) is 10.3. The van der Waals surface area contributed by atoms with Gasteiger partial charge in [-0.15, -0.1) is 0 Å². The zero-order chi connectivity index (χ0) is 16.7. The topological polar surface area (TPSA) is 90.7 Å². The highest BCUT2D eigenvalue weighted by Crippen LogP contribution is 2.24. The zero-order valence-electron chi connectivity index (χ0n) is 12.1. The summed E-state index contributed by atoms with van der Waals surface area (Å²) in [5.41, 5.74) is 13.3. The number of methoxy groups -OCH3 is 1. The molecule has 0 fully saturated rings. The van der Waals surface area contributed by atoms with Crippen molar-refractivity contribution in [3.05, 3.63) is 52.2 Å². The Morgan fingerprint density at radius 3 is 2.41 bits per heavy atom. The molecule has 0 aliphatic rings. The van der Waals surface area contributed by atoms with Crippen molar-refractivity contribution in [3.63, 3.8) is 0 Å². The molecular weight excluding hydrogens is 325 g/mol. The maximum absolute atomic E-state index is 11.3. The first kappa shape index (κ1) is 18.1. The van der Waals surface area contributed by atoms with Gasteiger partial charge in [-0.1, -0.05) is 41.9 Å². The van der Waals surface area contributed by atoms with Gasteiger partial charge in [0.25, 0.3) is 0 Å². The lowest BCUT2D eigenvalue weighted by molar-refractivity contribution is -0.139. The quantitative estimate of drug-likeness (QED) is 0.208. The largest absolute Gasteiger partial charge is 0.469 e. The third kappa shape index (κ3) is 5.79. The third-order valence-electron chi connectivity index (χ3n) is 2.73. The van der Waals surface area contributed by atoms with Crippen molar-refractivity contribution >= 4 is 40.7 Å². The molecule has 7 heteroatoms. The monoisotopic (exact) mass is 341 g/mol. The molecule has 0 bridgehead atoms. The van der Waals surface area contributed by atoms with Crippen LogP contribution in [0.5, 0.6) is 0 Å². The van der Waals surface area contributed by atoms with E-state index in [9.17, 15) is 4.79 Å². The average molecular weight is 342 g/mol. The van der Waals surface area contributed by atoms with Gasteiger partial charge in [-0.2, -0.15) is 0 Å². The summed E-state index contributed by atoms with van der Waals surface area (Å²) in [5, 5.41) is 0.123. The zero-order valence-corrected chi connectivity index (χ0v) is 13.6. The minimum absolute atomic E-state index is 0.0124. The molecule has 0 unspecified atom stereocenters. The second-order valence-electron chi connectivity index (χ2n) is 4.45. The number of anilines is 1. The maximum Gasteiger partial charge on any atom is 0.310 e. The van der Waals surface area contributed by atoms with E-state index in [2.05, 4.69) is 16.3 Å². The standard InChI is InChI=1S/C15H17Cl2N3O2/c1-9(16)12(8-14(21)22-2)15(17)20-13(19)7-10-3-5-11(18)6-4-10/h3-6H,1,7-8,18H2,2H3,(H2,19,20)/b15-12-. The van der Waals surface area contributed by atoms with Gasteiger partial charge in [0.15, 0.2) is 0 Å². The van der Waals surface area contributed by atoms with Gasteiger partial charge in [0.1, 0.15) is 11.0 Å². The van der Waals surface area contributed by atoms with Crippen molar-refractivity contribution in [3.8, 4) is 0 Å². The molecule has 1 rings (SSSR count). The number of nitrogen functional groups attached to an aromatic ring is 1. The number of carbonyl (C=O) groups excluding carboxylic acids is 1. The van der Waals surface area contributed by atoms with Gasteiger partial charge in [0.05, 0.1) is 13.5 Å². The van der Waals surface area contributed by atoms with Crippen molar-refractivity contribution in [1.82, 2.24) is 0 Å². The molecule has 0 aliphatic carbocycles. The summed E-state index contributed by atoms with van der Waals surface area (Å²) in [7, 11) is 1.27. The Morgan fingerprint density at radius 2 is 1.91 bits per heavy atom. The number of hydrogen-bond acceptors (Lipinski definition) is 4. The van der Waals surface area contributed by atoms with Crippen LogP contribution in [-0.2, 0) is 16.0 Å². The average Bonchev–Trinajstić information content (AvgIpc) is 2.46. The number of allylic oxidation sites excluding steroid dienone is 1. The molecule has 22 heavy (non-hydrogen) atoms. The van der Waals surface area contributed by atoms with Crippen LogP contribution in [0.25, 0.3) is 0 Å². The number of nitrogens with two attached hydrogens (primary N) is 2. The van der Waals surface area contributed by atoms with Crippen molar-refractivity contribution in [2.24, 2.45) is 10.7 Å². The van der Waals surface area contributed by atoms with Gasteiger partial charge in [-0.25, -0.2) is 4.99 Å². The molecule has 4 N–H and O–H groups in total. The summed E-state index contributed by atoms with van der Waals surface area (Å²) in [4.78, 5) is 15.4. The number of carbonyl (C=O) groups is 1. The molecule has 0 heterocycles. The smallest absolute Gasteiger partial charge is 0.310 e. The molecule has 0 saturated carbocycles. The number of esters is 1. The van der Waals surface area contributed by atoms with Gasteiger partial charge in [-0.3, -0.25) is 4.79 Å². The van der Waals surface area contributed by atoms with E-state index in [4.69, 9.17) is 34.7 Å². The third-order valence-corrected chi connectivity index (χ3v) is 3.27. The van der Waals surface area contributed by atoms with E-state index >= 15 is 0 Å². The lowest BCUT2D eigenvalue weighted by Gasteiger charge is -2.07. The van der Waals surface area contributed by atoms with E-state index in [1.165, 1.54) is 7.11 Å². The molecule has 5 nitrogen and oxygen atoms in total. The second-order valence-corrected chi connectivity index (χ2v) is 5.26. The van der Waals surface area contributed by atoms with Crippen molar-refractivity contribution in [1.29, 1.82) is 0 Å². The first-order valence-corrected chi connectivity index (χ1v) is 7.06. The Morgan fingerprint density at radius 1 is 1.32 bits per heavy atom. The second kappa shape index (κ2) is 8.46. The summed E-state index contributed by atoms with van der Waals surface area (Å²) < 4.78 is 4.57. The predicted octanol–water partition coefficient (Wildman–Crippen LogP) is 2.93. The molecular formula is C15H17Cl2N3O2. The fourth-order valence-electron chi connectivity index (χ4n) is 1.57. The number of halogens is 2. The number of rotatable bonds is 6. The lowest BCUT2D eigenvalue weighted by Crippen LogP contribution is -2.15. The number of ether oxygens (including phenoxy) is 1. The van der Waals surface area contributed by atoms with E-state index in [1.807, 2.05) is 12.1 Å². The summed E-state index contributed by atoms with van der Waals surface area (Å²) in [6.45, 7) is 3.56. The van der Waals surface area contributed by atoms with Gasteiger partial charge in [0.2, 0.25) is 0 Å². The van der Waals surface area contributed by atoms with Gasteiger partial charge < -0.3 is 16.2 Å². The first-order valence-electron chi connectivity index (χ1n) is 6.31. The Hall–Kier alpha value is -1.98. The van der Waals surface area contributed by atoms with Crippen LogP contribution in [0.2, 0.25) is 0 Å². The molecule has 118 valence electrons. The molecule has 0 amide bonds. The van der Waals surface area contributed by atoms with Crippen molar-refractivity contribution in [2.75, 3.05) is 12.8 Å². The van der Waals surface area contributed by atoms with E-state index in [1.54, 1.807) is 12.1 Å². The molecule has 0 saturated heterocycles. The Bertz CT molecular complexity index is 622. The summed E-state index contributed by atoms with van der Waals surface area (Å²) in [6.07, 6.45) is 0.257. The van der Waals surface area contributed by atoms with Crippen LogP contribution in [0.4, 0.5) is 5.69 Å². The molecule has 0 radical (unpaired) electrons. The highest BCUT2D eigenvalue weighted by atomic mass is 35.5. The predicted molar refractivity (Wildman–Crippen MR) is 90.7 cm³/mol. The summed E-state index contributed by atoms with van der Waals surface area (Å²) in [6, 6.07) is 7.21. The van der Waals surface area contributed by atoms with Crippen LogP contribution >= 0.6 is 23.2 Å². The molecule has 1 aromatic carbocycles. The van der Waals surface area contributed by atoms with E-state index in [0.717, 1.165) is 5.56 Å². The minimum atomic E-state index is -0.498. The highest BCUT2D eigenvalue weighted by molar-refractivity contribution is 6.35. The van der Waals surface area contributed by atoms with E-state index in [0.29, 0.717) is 12.1 Å². The Balaban J connectivity index is 2.94. The summed E-state index contributed by atoms with van der Waals surface area (Å²) >= 11 is 11.9. The van der Waals surface area contributed by atoms with Crippen LogP contribution in [0.15, 0.2) is 51.6 Å². The Kier molecular flexibility index (Phi) is 6.95. The molecule has 0 aliphatic heterocycles. The fourth-order valence-corrected chi connectivity index (χ4v) is 2.07. The van der Waals surface area contributed by atoms with Gasteiger partial charge >= 0.3 is 5.97 Å². The number of aliphatic imine (C=N–C) groups is 1. The van der Waals surface area contributed by atoms with Crippen LogP contribution in [0.1, 0.15) is 12.0 Å². The normalized spacial score (nSPS) is 12.6. The number of benzene rings is 1. The molecule has 0 aromatic heterocycles. The number of nitrogens with zero attached hydrogens (tertiary/aromatic N) is 1. The van der Waals surface area contributed by atoms with Crippen LogP contribution in [-0.4, -0.2) is 18.9 Å². The summed E-state index contributed by atoms with van der Waals surface area (Å²) in [5.74, 6) is -0.225. The number of hydrogen-bond donors (Lipinski definition) is 2. The van der Waals surface area contributed by atoms with Crippen molar-refractivity contribution in [2.45, 2.75) is 12.8 Å². The lowest BCUT2D eigenvalue weighted by atomic mass is 10.1. The van der Waals surface area contributed by atoms with Gasteiger partial charge in [-0.05, 0) is 17.7 Å². The van der Waals surface area contributed by atoms with Gasteiger partial charge in [0, 0.05) is 22.7 Å². The highest BCUT2D eigenvalue weighted by Gasteiger charge is 2.13. The maximum atomic E-state index is 11.3. The Labute approximate surface area is 139 Å². The molecule has 0 atom stereocenters. The van der Waals surface area contributed by atoms with Crippen molar-refractivity contribution < 1.29 is 9.53 Å². The number of amidine groups is 1. The molecule has 0 spiro atoms. The van der Waals surface area contributed by atoms with Crippen LogP contribution < -0.4 is 11.5 Å². The SMILES string of the molecule is C=C(Cl)/C(CC(=O)OC)=C(Cl)\N=C(/N)Cc1ccc(N)cc1. The van der Waals surface area contributed by atoms with Crippen LogP contribution in [0.3, 0.4) is 0 Å².